The first-order valence-corrected chi connectivity index (χ1v) is 9.34. The van der Waals surface area contributed by atoms with Crippen molar-refractivity contribution in [2.24, 2.45) is 4.99 Å². The summed E-state index contributed by atoms with van der Waals surface area (Å²) in [6, 6.07) is 14.7. The normalized spacial score (nSPS) is 11.1. The second-order valence-corrected chi connectivity index (χ2v) is 6.57. The van der Waals surface area contributed by atoms with Gasteiger partial charge in [-0.15, -0.1) is 24.0 Å². The van der Waals surface area contributed by atoms with Crippen molar-refractivity contribution in [2.45, 2.75) is 19.8 Å². The van der Waals surface area contributed by atoms with Crippen molar-refractivity contribution in [2.75, 3.05) is 20.1 Å². The Labute approximate surface area is 187 Å². The number of aliphatic imine (C=N–C) groups is 1. The molecule has 2 aromatic carbocycles. The van der Waals surface area contributed by atoms with Crippen molar-refractivity contribution >= 4 is 29.9 Å². The molecule has 0 aliphatic heterocycles. The minimum atomic E-state index is -0.211. The van der Waals surface area contributed by atoms with Crippen molar-refractivity contribution < 1.29 is 8.81 Å². The lowest BCUT2D eigenvalue weighted by Crippen LogP contribution is -2.39. The molecule has 0 fully saturated rings. The molecule has 0 aliphatic carbocycles. The van der Waals surface area contributed by atoms with Crippen molar-refractivity contribution in [1.29, 1.82) is 0 Å². The molecule has 0 saturated carbocycles. The van der Waals surface area contributed by atoms with Gasteiger partial charge in [0.1, 0.15) is 12.1 Å². The van der Waals surface area contributed by atoms with Gasteiger partial charge in [-0.1, -0.05) is 29.8 Å². The highest BCUT2D eigenvalue weighted by Crippen LogP contribution is 2.19. The van der Waals surface area contributed by atoms with Crippen molar-refractivity contribution in [1.82, 2.24) is 15.6 Å². The summed E-state index contributed by atoms with van der Waals surface area (Å²) in [6.45, 7) is 3.40. The summed E-state index contributed by atoms with van der Waals surface area (Å²) < 4.78 is 18.8. The zero-order chi connectivity index (χ0) is 19.8. The monoisotopic (exact) mass is 508 g/mol. The minimum absolute atomic E-state index is 0. The van der Waals surface area contributed by atoms with Crippen LogP contribution in [0, 0.1) is 12.7 Å². The van der Waals surface area contributed by atoms with E-state index < -0.39 is 0 Å². The Morgan fingerprint density at radius 1 is 1.07 bits per heavy atom. The Morgan fingerprint density at radius 2 is 1.79 bits per heavy atom. The summed E-state index contributed by atoms with van der Waals surface area (Å²) in [5.41, 5.74) is 4.02. The number of aryl methyl sites for hydroxylation is 1. The Bertz CT molecular complexity index is 925. The van der Waals surface area contributed by atoms with E-state index in [1.165, 1.54) is 11.6 Å². The van der Waals surface area contributed by atoms with Crippen molar-refractivity contribution in [3.05, 3.63) is 77.4 Å². The number of nitrogens with zero attached hydrogens (tertiary/aromatic N) is 2. The summed E-state index contributed by atoms with van der Waals surface area (Å²) in [5.74, 6) is 1.13. The van der Waals surface area contributed by atoms with Crippen LogP contribution in [0.1, 0.15) is 16.8 Å². The molecule has 7 heteroatoms. The molecule has 1 heterocycles. The van der Waals surface area contributed by atoms with Crippen LogP contribution < -0.4 is 10.6 Å². The molecule has 0 atom stereocenters. The summed E-state index contributed by atoms with van der Waals surface area (Å²) in [6.07, 6.45) is 3.14. The smallest absolute Gasteiger partial charge is 0.226 e. The summed E-state index contributed by atoms with van der Waals surface area (Å²) in [4.78, 5) is 8.75. The number of guanidine groups is 1. The van der Waals surface area contributed by atoms with E-state index in [1.54, 1.807) is 25.4 Å². The van der Waals surface area contributed by atoms with E-state index in [4.69, 9.17) is 4.42 Å². The van der Waals surface area contributed by atoms with Gasteiger partial charge >= 0.3 is 0 Å². The molecule has 0 amide bonds. The van der Waals surface area contributed by atoms with Crippen molar-refractivity contribution in [3.63, 3.8) is 0 Å². The number of halogens is 2. The first-order chi connectivity index (χ1) is 13.6. The fourth-order valence-corrected chi connectivity index (χ4v) is 2.80. The summed E-state index contributed by atoms with van der Waals surface area (Å²) in [5, 5.41) is 6.49. The van der Waals surface area contributed by atoms with Crippen LogP contribution in [0.4, 0.5) is 4.39 Å². The highest BCUT2D eigenvalue weighted by molar-refractivity contribution is 14.0. The summed E-state index contributed by atoms with van der Waals surface area (Å²) in [7, 11) is 1.73. The van der Waals surface area contributed by atoms with Crippen LogP contribution in [0.15, 0.2) is 64.2 Å². The van der Waals surface area contributed by atoms with Crippen LogP contribution >= 0.6 is 24.0 Å². The molecule has 0 spiro atoms. The van der Waals surface area contributed by atoms with Crippen LogP contribution in [-0.2, 0) is 12.8 Å². The SMILES string of the molecule is CN=C(NCCc1cccc(F)c1)NCCc1coc(-c2ccc(C)cc2)n1.I. The van der Waals surface area contributed by atoms with Gasteiger partial charge in [-0.25, -0.2) is 9.37 Å². The highest BCUT2D eigenvalue weighted by atomic mass is 127. The quantitative estimate of drug-likeness (QED) is 0.283. The average Bonchev–Trinajstić information content (AvgIpc) is 3.16. The van der Waals surface area contributed by atoms with Crippen LogP contribution in [0.25, 0.3) is 11.5 Å². The van der Waals surface area contributed by atoms with Crippen molar-refractivity contribution in [3.8, 4) is 11.5 Å². The van der Waals surface area contributed by atoms with Gasteiger partial charge in [-0.2, -0.15) is 0 Å². The fraction of sp³-hybridized carbons (Fsp3) is 0.273. The first kappa shape index (κ1) is 22.9. The predicted molar refractivity (Wildman–Crippen MR) is 125 cm³/mol. The number of hydrogen-bond acceptors (Lipinski definition) is 3. The van der Waals surface area contributed by atoms with Gasteiger partial charge in [0.15, 0.2) is 5.96 Å². The maximum absolute atomic E-state index is 13.2. The molecular weight excluding hydrogens is 482 g/mol. The third kappa shape index (κ3) is 7.16. The molecule has 29 heavy (non-hydrogen) atoms. The van der Waals surface area contributed by atoms with Gasteiger partial charge in [-0.3, -0.25) is 4.99 Å². The van der Waals surface area contributed by atoms with Crippen LogP contribution in [0.2, 0.25) is 0 Å². The number of nitrogens with one attached hydrogen (secondary N) is 2. The lowest BCUT2D eigenvalue weighted by Gasteiger charge is -2.11. The van der Waals surface area contributed by atoms with E-state index in [0.717, 1.165) is 29.7 Å². The molecule has 0 saturated heterocycles. The number of benzene rings is 2. The van der Waals surface area contributed by atoms with Gasteiger partial charge in [0.25, 0.3) is 0 Å². The average molecular weight is 508 g/mol. The van der Waals surface area contributed by atoms with Gasteiger partial charge < -0.3 is 15.1 Å². The first-order valence-electron chi connectivity index (χ1n) is 9.34. The maximum Gasteiger partial charge on any atom is 0.226 e. The molecule has 3 rings (SSSR count). The zero-order valence-corrected chi connectivity index (χ0v) is 18.9. The maximum atomic E-state index is 13.2. The van der Waals surface area contributed by atoms with Crippen LogP contribution in [-0.4, -0.2) is 31.1 Å². The second-order valence-electron chi connectivity index (χ2n) is 6.57. The van der Waals surface area contributed by atoms with Gasteiger partial charge in [0.05, 0.1) is 5.69 Å². The Balaban J connectivity index is 0.00000300. The van der Waals surface area contributed by atoms with E-state index in [-0.39, 0.29) is 29.8 Å². The highest BCUT2D eigenvalue weighted by Gasteiger charge is 2.07. The van der Waals surface area contributed by atoms with E-state index in [1.807, 2.05) is 30.3 Å². The second kappa shape index (κ2) is 11.5. The Morgan fingerprint density at radius 3 is 2.48 bits per heavy atom. The Hall–Kier alpha value is -2.42. The molecule has 1 aromatic heterocycles. The number of aromatic nitrogens is 1. The van der Waals surface area contributed by atoms with Gasteiger partial charge in [0.2, 0.25) is 5.89 Å². The lowest BCUT2D eigenvalue weighted by atomic mass is 10.1. The van der Waals surface area contributed by atoms with E-state index in [9.17, 15) is 4.39 Å². The van der Waals surface area contributed by atoms with Gasteiger partial charge in [-0.05, 0) is 43.2 Å². The third-order valence-electron chi connectivity index (χ3n) is 4.34. The fourth-order valence-electron chi connectivity index (χ4n) is 2.80. The lowest BCUT2D eigenvalue weighted by molar-refractivity contribution is 0.572. The number of hydrogen-bond donors (Lipinski definition) is 2. The molecule has 0 unspecified atom stereocenters. The molecule has 2 N–H and O–H groups in total. The van der Waals surface area contributed by atoms with E-state index in [2.05, 4.69) is 27.5 Å². The van der Waals surface area contributed by atoms with Crippen LogP contribution in [0.5, 0.6) is 0 Å². The largest absolute Gasteiger partial charge is 0.444 e. The third-order valence-corrected chi connectivity index (χ3v) is 4.34. The van der Waals surface area contributed by atoms with E-state index in [0.29, 0.717) is 24.9 Å². The number of oxazole rings is 1. The Kier molecular flexibility index (Phi) is 9.11. The minimum Gasteiger partial charge on any atom is -0.444 e. The predicted octanol–water partition coefficient (Wildman–Crippen LogP) is 4.36. The topological polar surface area (TPSA) is 62.5 Å². The molecule has 0 aliphatic rings. The number of rotatable bonds is 7. The van der Waals surface area contributed by atoms with Gasteiger partial charge in [0, 0.05) is 32.1 Å². The standard InChI is InChI=1S/C22H25FN4O.HI/c1-16-6-8-18(9-7-16)21-27-20(15-28-21)11-13-26-22(24-2)25-12-10-17-4-3-5-19(23)14-17;/h3-9,14-15H,10-13H2,1-2H3,(H2,24,25,26);1H. The van der Waals surface area contributed by atoms with Crippen LogP contribution in [0.3, 0.4) is 0 Å². The molecule has 3 aromatic rings. The summed E-state index contributed by atoms with van der Waals surface area (Å²) >= 11 is 0. The molecule has 0 radical (unpaired) electrons. The molecular formula is C22H26FIN4O. The van der Waals surface area contributed by atoms with E-state index >= 15 is 0 Å². The molecule has 5 nitrogen and oxygen atoms in total. The zero-order valence-electron chi connectivity index (χ0n) is 16.6. The molecule has 0 bridgehead atoms. The molecule has 154 valence electrons.